The lowest BCUT2D eigenvalue weighted by molar-refractivity contribution is 0.114. The molecule has 0 saturated carbocycles. The van der Waals surface area contributed by atoms with Gasteiger partial charge in [-0.1, -0.05) is 0 Å². The van der Waals surface area contributed by atoms with Crippen molar-refractivity contribution in [3.63, 3.8) is 0 Å². The van der Waals surface area contributed by atoms with Crippen molar-refractivity contribution in [1.29, 1.82) is 0 Å². The van der Waals surface area contributed by atoms with Gasteiger partial charge in [-0.15, -0.1) is 0 Å². The molecular formula is C13H20N4O2. The van der Waals surface area contributed by atoms with Crippen LogP contribution in [0.3, 0.4) is 0 Å². The van der Waals surface area contributed by atoms with E-state index in [0.717, 1.165) is 30.8 Å². The van der Waals surface area contributed by atoms with E-state index in [4.69, 9.17) is 15.2 Å². The molecule has 2 rings (SSSR count). The van der Waals surface area contributed by atoms with Crippen LogP contribution < -0.4 is 15.8 Å². The molecule has 104 valence electrons. The van der Waals surface area contributed by atoms with Gasteiger partial charge >= 0.3 is 0 Å². The Morgan fingerprint density at radius 1 is 1.68 bits per heavy atom. The zero-order valence-corrected chi connectivity index (χ0v) is 11.1. The quantitative estimate of drug-likeness (QED) is 0.603. The van der Waals surface area contributed by atoms with E-state index in [1.54, 1.807) is 25.6 Å². The Hall–Kier alpha value is -1.82. The second-order valence-corrected chi connectivity index (χ2v) is 4.40. The highest BCUT2D eigenvalue weighted by Crippen LogP contribution is 2.16. The maximum absolute atomic E-state index is 5.81. The molecule has 1 unspecified atom stereocenters. The monoisotopic (exact) mass is 264 g/mol. The molecule has 2 heterocycles. The van der Waals surface area contributed by atoms with Crippen LogP contribution in [0.15, 0.2) is 23.5 Å². The van der Waals surface area contributed by atoms with E-state index >= 15 is 0 Å². The number of ether oxygens (including phenoxy) is 2. The minimum Gasteiger partial charge on any atom is -0.496 e. The van der Waals surface area contributed by atoms with Gasteiger partial charge in [0.05, 0.1) is 19.8 Å². The zero-order valence-electron chi connectivity index (χ0n) is 11.1. The Kier molecular flexibility index (Phi) is 4.97. The summed E-state index contributed by atoms with van der Waals surface area (Å²) >= 11 is 0. The summed E-state index contributed by atoms with van der Waals surface area (Å²) in [5.41, 5.74) is 6.72. The second kappa shape index (κ2) is 6.94. The zero-order chi connectivity index (χ0) is 13.5. The Labute approximate surface area is 113 Å². The molecule has 1 atom stereocenters. The van der Waals surface area contributed by atoms with Crippen LogP contribution in [-0.4, -0.2) is 37.3 Å². The second-order valence-electron chi connectivity index (χ2n) is 4.40. The number of aromatic nitrogens is 1. The highest BCUT2D eigenvalue weighted by atomic mass is 16.5. The fourth-order valence-corrected chi connectivity index (χ4v) is 1.98. The fourth-order valence-electron chi connectivity index (χ4n) is 1.98. The average molecular weight is 264 g/mol. The summed E-state index contributed by atoms with van der Waals surface area (Å²) in [7, 11) is 1.63. The van der Waals surface area contributed by atoms with Crippen LogP contribution in [0.1, 0.15) is 18.4 Å². The van der Waals surface area contributed by atoms with Gasteiger partial charge in [0.15, 0.2) is 5.96 Å². The summed E-state index contributed by atoms with van der Waals surface area (Å²) in [6, 6.07) is 1.81. The minimum atomic E-state index is 0.252. The molecule has 0 bridgehead atoms. The van der Waals surface area contributed by atoms with Gasteiger partial charge in [0.2, 0.25) is 0 Å². The van der Waals surface area contributed by atoms with Crippen LogP contribution >= 0.6 is 0 Å². The van der Waals surface area contributed by atoms with Crippen molar-refractivity contribution < 1.29 is 9.47 Å². The maximum atomic E-state index is 5.81. The first kappa shape index (κ1) is 13.6. The number of methoxy groups -OCH3 is 1. The molecular weight excluding hydrogens is 244 g/mol. The molecule has 0 amide bonds. The predicted molar refractivity (Wildman–Crippen MR) is 73.1 cm³/mol. The van der Waals surface area contributed by atoms with Gasteiger partial charge in [-0.2, -0.15) is 0 Å². The number of rotatable bonds is 5. The fraction of sp³-hybridized carbons (Fsp3) is 0.538. The smallest absolute Gasteiger partial charge is 0.189 e. The molecule has 1 aromatic rings. The highest BCUT2D eigenvalue weighted by molar-refractivity contribution is 5.77. The predicted octanol–water partition coefficient (Wildman–Crippen LogP) is 0.673. The topological polar surface area (TPSA) is 81.8 Å². The van der Waals surface area contributed by atoms with Crippen LogP contribution in [0.2, 0.25) is 0 Å². The van der Waals surface area contributed by atoms with Crippen LogP contribution in [0.4, 0.5) is 0 Å². The molecule has 1 aliphatic rings. The molecule has 0 aromatic carbocycles. The van der Waals surface area contributed by atoms with Gasteiger partial charge in [-0.3, -0.25) is 4.98 Å². The third kappa shape index (κ3) is 4.10. The highest BCUT2D eigenvalue weighted by Gasteiger charge is 2.14. The molecule has 6 heteroatoms. The van der Waals surface area contributed by atoms with Crippen molar-refractivity contribution in [2.24, 2.45) is 10.7 Å². The summed E-state index contributed by atoms with van der Waals surface area (Å²) in [6.45, 7) is 2.00. The van der Waals surface area contributed by atoms with E-state index in [2.05, 4.69) is 15.3 Å². The van der Waals surface area contributed by atoms with Crippen LogP contribution in [-0.2, 0) is 11.3 Å². The van der Waals surface area contributed by atoms with E-state index in [0.29, 0.717) is 19.0 Å². The van der Waals surface area contributed by atoms with E-state index in [1.807, 2.05) is 0 Å². The van der Waals surface area contributed by atoms with E-state index in [-0.39, 0.29) is 6.10 Å². The first-order chi connectivity index (χ1) is 9.29. The van der Waals surface area contributed by atoms with Crippen LogP contribution in [0.25, 0.3) is 0 Å². The number of hydrogen-bond donors (Lipinski definition) is 2. The molecule has 19 heavy (non-hydrogen) atoms. The molecule has 1 aliphatic heterocycles. The van der Waals surface area contributed by atoms with Crippen LogP contribution in [0.5, 0.6) is 5.75 Å². The number of hydrogen-bond acceptors (Lipinski definition) is 4. The molecule has 0 radical (unpaired) electrons. The van der Waals surface area contributed by atoms with Gasteiger partial charge in [0.25, 0.3) is 0 Å². The van der Waals surface area contributed by atoms with Gasteiger partial charge in [-0.25, -0.2) is 4.99 Å². The van der Waals surface area contributed by atoms with Crippen molar-refractivity contribution in [2.45, 2.75) is 25.5 Å². The van der Waals surface area contributed by atoms with Crippen molar-refractivity contribution in [2.75, 3.05) is 20.3 Å². The standard InChI is InChI=1S/C13H20N4O2/c1-18-12-4-5-15-7-10(12)8-16-13(14)17-9-11-3-2-6-19-11/h4-5,7,11H,2-3,6,8-9H2,1H3,(H3,14,16,17). The van der Waals surface area contributed by atoms with Crippen molar-refractivity contribution >= 4 is 5.96 Å². The molecule has 0 aliphatic carbocycles. The van der Waals surface area contributed by atoms with Crippen molar-refractivity contribution in [3.05, 3.63) is 24.0 Å². The van der Waals surface area contributed by atoms with E-state index < -0.39 is 0 Å². The van der Waals surface area contributed by atoms with E-state index in [9.17, 15) is 0 Å². The lowest BCUT2D eigenvalue weighted by Crippen LogP contribution is -2.37. The first-order valence-electron chi connectivity index (χ1n) is 6.42. The molecule has 6 nitrogen and oxygen atoms in total. The number of nitrogens with zero attached hydrogens (tertiary/aromatic N) is 2. The van der Waals surface area contributed by atoms with Gasteiger partial charge in [0, 0.05) is 31.1 Å². The molecule has 1 fully saturated rings. The largest absolute Gasteiger partial charge is 0.496 e. The Balaban J connectivity index is 1.83. The third-order valence-corrected chi connectivity index (χ3v) is 3.03. The lowest BCUT2D eigenvalue weighted by atomic mass is 10.2. The summed E-state index contributed by atoms with van der Waals surface area (Å²) in [6.07, 6.45) is 5.87. The molecule has 3 N–H and O–H groups in total. The van der Waals surface area contributed by atoms with Crippen LogP contribution in [0, 0.1) is 0 Å². The molecule has 1 saturated heterocycles. The Morgan fingerprint density at radius 3 is 3.32 bits per heavy atom. The summed E-state index contributed by atoms with van der Waals surface area (Å²) in [4.78, 5) is 8.32. The Bertz CT molecular complexity index is 430. The number of aliphatic imine (C=N–C) groups is 1. The molecule has 0 spiro atoms. The number of pyridine rings is 1. The number of guanidine groups is 1. The summed E-state index contributed by atoms with van der Waals surface area (Å²) in [5, 5.41) is 3.07. The lowest BCUT2D eigenvalue weighted by Gasteiger charge is -2.11. The normalized spacial score (nSPS) is 19.4. The SMILES string of the molecule is COc1ccncc1CN=C(N)NCC1CCCO1. The van der Waals surface area contributed by atoms with Gasteiger partial charge in [-0.05, 0) is 18.9 Å². The van der Waals surface area contributed by atoms with Gasteiger partial charge in [0.1, 0.15) is 5.75 Å². The summed E-state index contributed by atoms with van der Waals surface area (Å²) < 4.78 is 10.7. The van der Waals surface area contributed by atoms with Crippen molar-refractivity contribution in [3.8, 4) is 5.75 Å². The number of nitrogens with two attached hydrogens (primary N) is 1. The first-order valence-corrected chi connectivity index (χ1v) is 6.42. The van der Waals surface area contributed by atoms with Crippen molar-refractivity contribution in [1.82, 2.24) is 10.3 Å². The minimum absolute atomic E-state index is 0.252. The third-order valence-electron chi connectivity index (χ3n) is 3.03. The molecule has 1 aromatic heterocycles. The maximum Gasteiger partial charge on any atom is 0.189 e. The van der Waals surface area contributed by atoms with Gasteiger partial charge < -0.3 is 20.5 Å². The average Bonchev–Trinajstić information content (AvgIpc) is 2.96. The van der Waals surface area contributed by atoms with E-state index in [1.165, 1.54) is 0 Å². The Morgan fingerprint density at radius 2 is 2.58 bits per heavy atom. The summed E-state index contributed by atoms with van der Waals surface area (Å²) in [5.74, 6) is 1.19. The number of nitrogens with one attached hydrogen (secondary N) is 1.